The minimum Gasteiger partial charge on any atom is -0.496 e. The minimum absolute atomic E-state index is 0.559. The summed E-state index contributed by atoms with van der Waals surface area (Å²) in [4.78, 5) is 0. The Hall–Kier alpha value is -0.859. The van der Waals surface area contributed by atoms with Crippen LogP contribution in [0.1, 0.15) is 5.56 Å². The molecule has 0 heterocycles. The van der Waals surface area contributed by atoms with Crippen LogP contribution in [0.2, 0.25) is 39.3 Å². The molecule has 0 unspecified atom stereocenters. The summed E-state index contributed by atoms with van der Waals surface area (Å²) in [6.45, 7) is 14.9. The molecular weight excluding hydrogens is 324 g/mol. The Morgan fingerprint density at radius 3 is 1.45 bits per heavy atom. The highest BCUT2D eigenvalue weighted by molar-refractivity contribution is 7.60. The maximum absolute atomic E-state index is 5.61. The van der Waals surface area contributed by atoms with E-state index in [1.54, 1.807) is 21.3 Å². The highest BCUT2D eigenvalue weighted by Gasteiger charge is 2.32. The molecule has 124 valence electrons. The molecule has 1 aromatic carbocycles. The lowest BCUT2D eigenvalue weighted by atomic mass is 10.2. The van der Waals surface area contributed by atoms with E-state index >= 15 is 0 Å². The first-order chi connectivity index (χ1) is 10.0. The fourth-order valence-corrected chi connectivity index (χ4v) is 37.0. The van der Waals surface area contributed by atoms with Crippen LogP contribution in [0.25, 0.3) is 0 Å². The maximum atomic E-state index is 5.61. The highest BCUT2D eigenvalue weighted by atomic mass is 29.6. The van der Waals surface area contributed by atoms with Crippen molar-refractivity contribution in [2.45, 2.75) is 39.3 Å². The zero-order valence-corrected chi connectivity index (χ0v) is 18.5. The Balaban J connectivity index is 3.62. The van der Waals surface area contributed by atoms with Gasteiger partial charge in [-0.15, -0.1) is 0 Å². The Bertz CT molecular complexity index is 514. The number of benzene rings is 1. The van der Waals surface area contributed by atoms with Crippen molar-refractivity contribution in [1.29, 1.82) is 0 Å². The summed E-state index contributed by atoms with van der Waals surface area (Å²) < 4.78 is 16.6. The number of ether oxygens (including phenoxy) is 3. The monoisotopic (exact) mass is 354 g/mol. The first-order valence-electron chi connectivity index (χ1n) is 7.57. The smallest absolute Gasteiger partial charge is 0.133 e. The summed E-state index contributed by atoms with van der Waals surface area (Å²) in [6.07, 6.45) is 0. The normalized spacial score (nSPS) is 11.9. The van der Waals surface area contributed by atoms with Crippen LogP contribution in [-0.4, -0.2) is 49.6 Å². The third-order valence-corrected chi connectivity index (χ3v) is 31.5. The van der Waals surface area contributed by atoms with Gasteiger partial charge in [0.15, 0.2) is 0 Å². The van der Waals surface area contributed by atoms with Crippen molar-refractivity contribution in [3.05, 3.63) is 17.7 Å². The van der Waals surface area contributed by atoms with Crippen molar-refractivity contribution in [3.63, 3.8) is 0 Å². The molecule has 0 aliphatic carbocycles. The van der Waals surface area contributed by atoms with Crippen LogP contribution in [0.4, 0.5) is 0 Å². The van der Waals surface area contributed by atoms with Crippen molar-refractivity contribution in [1.82, 2.24) is 0 Å². The van der Waals surface area contributed by atoms with E-state index in [1.165, 1.54) is 0 Å². The van der Waals surface area contributed by atoms with Crippen LogP contribution >= 0.6 is 0 Å². The molecule has 0 N–H and O–H groups in total. The van der Waals surface area contributed by atoms with Crippen LogP contribution in [0.5, 0.6) is 17.2 Å². The summed E-state index contributed by atoms with van der Waals surface area (Å²) in [7, 11) is 2.06. The molecule has 6 heteroatoms. The van der Waals surface area contributed by atoms with Gasteiger partial charge in [-0.2, -0.15) is 0 Å². The fraction of sp³-hybridized carbons (Fsp3) is 0.562. The number of rotatable bonds is 6. The quantitative estimate of drug-likeness (QED) is 0.728. The Kier molecular flexibility index (Phi) is 6.23. The van der Waals surface area contributed by atoms with Gasteiger partial charge in [-0.1, -0.05) is 45.0 Å². The minimum atomic E-state index is -1.23. The molecule has 22 heavy (non-hydrogen) atoms. The van der Waals surface area contributed by atoms with E-state index in [1.807, 2.05) is 12.1 Å². The molecule has 0 amide bonds. The average Bonchev–Trinajstić information content (AvgIpc) is 2.41. The number of methoxy groups -OCH3 is 3. The van der Waals surface area contributed by atoms with E-state index in [0.29, 0.717) is 0 Å². The van der Waals surface area contributed by atoms with Crippen molar-refractivity contribution in [2.24, 2.45) is 0 Å². The number of hydrogen-bond acceptors (Lipinski definition) is 3. The van der Waals surface area contributed by atoms with Gasteiger partial charge >= 0.3 is 0 Å². The van der Waals surface area contributed by atoms with Crippen molar-refractivity contribution in [2.75, 3.05) is 21.3 Å². The third kappa shape index (κ3) is 4.57. The standard InChI is InChI=1S/C16H30O3Si3/c1-17-13-10-15(18-2)14(16(11-13)19-3)12-20(21(4,5)6)22(7,8)9/h10-12H,1-9H3. The lowest BCUT2D eigenvalue weighted by Crippen LogP contribution is -2.54. The second kappa shape index (κ2) is 7.14. The zero-order chi connectivity index (χ0) is 17.1. The molecule has 0 saturated carbocycles. The number of hydrogen-bond donors (Lipinski definition) is 0. The summed E-state index contributed by atoms with van der Waals surface area (Å²) in [5.74, 6) is 2.45. The van der Waals surface area contributed by atoms with E-state index in [4.69, 9.17) is 14.2 Å². The Morgan fingerprint density at radius 2 is 1.18 bits per heavy atom. The van der Waals surface area contributed by atoms with E-state index in [9.17, 15) is 0 Å². The van der Waals surface area contributed by atoms with E-state index in [-0.39, 0.29) is 0 Å². The molecule has 3 nitrogen and oxygen atoms in total. The average molecular weight is 355 g/mol. The third-order valence-electron chi connectivity index (χ3n) is 3.66. The van der Waals surface area contributed by atoms with E-state index in [0.717, 1.165) is 22.8 Å². The van der Waals surface area contributed by atoms with Gasteiger partial charge in [0.25, 0.3) is 0 Å². The molecule has 0 saturated heterocycles. The first kappa shape index (κ1) is 19.2. The SMILES string of the molecule is COc1cc(OC)c(C=[Si]([Si](C)(C)C)[Si](C)(C)C)c(OC)c1. The van der Waals surface area contributed by atoms with Crippen LogP contribution in [0.3, 0.4) is 0 Å². The van der Waals surface area contributed by atoms with Gasteiger partial charge in [0.2, 0.25) is 0 Å². The van der Waals surface area contributed by atoms with E-state index < -0.39 is 22.6 Å². The lowest BCUT2D eigenvalue weighted by Gasteiger charge is -2.31. The summed E-state index contributed by atoms with van der Waals surface area (Å²) in [6, 6.07) is 3.89. The molecular formula is C16H30O3Si3. The predicted molar refractivity (Wildman–Crippen MR) is 104 cm³/mol. The lowest BCUT2D eigenvalue weighted by molar-refractivity contribution is 0.374. The summed E-state index contributed by atoms with van der Waals surface area (Å²) in [5.41, 5.74) is 3.60. The highest BCUT2D eigenvalue weighted by Crippen LogP contribution is 2.33. The second-order valence-electron chi connectivity index (χ2n) is 7.50. The molecule has 1 rings (SSSR count). The molecule has 1 aromatic rings. The molecule has 0 radical (unpaired) electrons. The second-order valence-corrected chi connectivity index (χ2v) is 31.4. The van der Waals surface area contributed by atoms with Crippen LogP contribution in [0, 0.1) is 0 Å². The Morgan fingerprint density at radius 1 is 0.773 bits per heavy atom. The summed E-state index contributed by atoms with van der Waals surface area (Å²) in [5, 5.41) is 0. The van der Waals surface area contributed by atoms with Crippen LogP contribution < -0.4 is 14.2 Å². The van der Waals surface area contributed by atoms with Gasteiger partial charge in [0.1, 0.15) is 17.2 Å². The van der Waals surface area contributed by atoms with Crippen LogP contribution in [-0.2, 0) is 0 Å². The predicted octanol–water partition coefficient (Wildman–Crippen LogP) is 3.77. The largest absolute Gasteiger partial charge is 0.496 e. The molecule has 0 atom stereocenters. The fourth-order valence-electron chi connectivity index (χ4n) is 2.88. The topological polar surface area (TPSA) is 27.7 Å². The Labute approximate surface area is 138 Å². The first-order valence-corrected chi connectivity index (χ1v) is 18.1. The van der Waals surface area contributed by atoms with Gasteiger partial charge in [0, 0.05) is 12.1 Å². The van der Waals surface area contributed by atoms with Crippen LogP contribution in [0.15, 0.2) is 12.1 Å². The van der Waals surface area contributed by atoms with E-state index in [2.05, 4.69) is 45.0 Å². The molecule has 0 spiro atoms. The summed E-state index contributed by atoms with van der Waals surface area (Å²) >= 11 is 0. The van der Waals surface area contributed by atoms with Gasteiger partial charge < -0.3 is 14.2 Å². The van der Waals surface area contributed by atoms with Gasteiger partial charge in [-0.25, -0.2) is 0 Å². The molecule has 0 fully saturated rings. The van der Waals surface area contributed by atoms with Gasteiger partial charge in [-0.3, -0.25) is 0 Å². The molecule has 0 aliphatic heterocycles. The van der Waals surface area contributed by atoms with Crippen molar-refractivity contribution >= 4 is 28.3 Å². The van der Waals surface area contributed by atoms with Gasteiger partial charge in [-0.05, 0) is 7.44 Å². The molecule has 0 bridgehead atoms. The molecule has 0 aliphatic rings. The van der Waals surface area contributed by atoms with Crippen molar-refractivity contribution in [3.8, 4) is 17.2 Å². The van der Waals surface area contributed by atoms with Gasteiger partial charge in [0.05, 0.1) is 42.1 Å². The van der Waals surface area contributed by atoms with Crippen molar-refractivity contribution < 1.29 is 14.2 Å². The molecule has 0 aromatic heterocycles. The maximum Gasteiger partial charge on any atom is 0.133 e. The zero-order valence-electron chi connectivity index (χ0n) is 15.5.